The Balaban J connectivity index is 1.86. The molecule has 0 radical (unpaired) electrons. The monoisotopic (exact) mass is 384 g/mol. The average Bonchev–Trinajstić information content (AvgIpc) is 2.64. The van der Waals surface area contributed by atoms with Gasteiger partial charge in [-0.1, -0.05) is 24.3 Å². The lowest BCUT2D eigenvalue weighted by molar-refractivity contribution is -0.154. The highest BCUT2D eigenvalue weighted by Crippen LogP contribution is 2.19. The van der Waals surface area contributed by atoms with Crippen molar-refractivity contribution in [1.29, 1.82) is 0 Å². The maximum atomic E-state index is 13.6. The van der Waals surface area contributed by atoms with Crippen LogP contribution in [0.25, 0.3) is 0 Å². The van der Waals surface area contributed by atoms with Crippen LogP contribution in [0.1, 0.15) is 11.1 Å². The molecule has 1 heterocycles. The van der Waals surface area contributed by atoms with E-state index in [1.165, 1.54) is 12.3 Å². The largest absolute Gasteiger partial charge is 0.468 e. The molecular formula is C18H20F4N4O. The molecule has 0 aliphatic rings. The molecule has 0 unspecified atom stereocenters. The minimum Gasteiger partial charge on any atom is -0.468 e. The van der Waals surface area contributed by atoms with Crippen LogP contribution in [0, 0.1) is 5.82 Å². The summed E-state index contributed by atoms with van der Waals surface area (Å²) < 4.78 is 55.3. The SMILES string of the molecule is CN=C(NCCc1ccccc1F)NCc1cccnc1OCC(F)(F)F. The molecule has 0 bridgehead atoms. The standard InChI is InChI=1S/C18H20F4N4O/c1-23-17(25-10-8-13-5-2-3-7-15(13)19)26-11-14-6-4-9-24-16(14)27-12-18(20,21)22/h2-7,9H,8,10-12H2,1H3,(H2,23,25,26). The third kappa shape index (κ3) is 7.12. The number of pyridine rings is 1. The van der Waals surface area contributed by atoms with Crippen molar-refractivity contribution in [2.24, 2.45) is 4.99 Å². The Bertz CT molecular complexity index is 765. The number of benzene rings is 1. The lowest BCUT2D eigenvalue weighted by Gasteiger charge is -2.15. The summed E-state index contributed by atoms with van der Waals surface area (Å²) in [4.78, 5) is 7.86. The van der Waals surface area contributed by atoms with Crippen molar-refractivity contribution >= 4 is 5.96 Å². The molecule has 0 atom stereocenters. The van der Waals surface area contributed by atoms with E-state index in [0.29, 0.717) is 30.1 Å². The average molecular weight is 384 g/mol. The highest BCUT2D eigenvalue weighted by molar-refractivity contribution is 5.79. The van der Waals surface area contributed by atoms with Crippen LogP contribution in [-0.2, 0) is 13.0 Å². The van der Waals surface area contributed by atoms with Crippen molar-refractivity contribution in [2.75, 3.05) is 20.2 Å². The van der Waals surface area contributed by atoms with Crippen LogP contribution in [0.15, 0.2) is 47.6 Å². The minimum absolute atomic E-state index is 0.0934. The first kappa shape index (κ1) is 20.5. The Morgan fingerprint density at radius 2 is 1.85 bits per heavy atom. The molecular weight excluding hydrogens is 364 g/mol. The second kappa shape index (κ2) is 9.75. The first-order chi connectivity index (χ1) is 12.9. The fourth-order valence-corrected chi connectivity index (χ4v) is 2.26. The molecule has 0 aliphatic heterocycles. The number of nitrogens with one attached hydrogen (secondary N) is 2. The number of aromatic nitrogens is 1. The zero-order valence-electron chi connectivity index (χ0n) is 14.7. The van der Waals surface area contributed by atoms with Crippen LogP contribution in [-0.4, -0.2) is 37.3 Å². The van der Waals surface area contributed by atoms with E-state index in [2.05, 4.69) is 20.6 Å². The van der Waals surface area contributed by atoms with Gasteiger partial charge >= 0.3 is 6.18 Å². The minimum atomic E-state index is -4.44. The molecule has 9 heteroatoms. The third-order valence-corrected chi connectivity index (χ3v) is 3.54. The summed E-state index contributed by atoms with van der Waals surface area (Å²) in [5.41, 5.74) is 1.04. The smallest absolute Gasteiger partial charge is 0.422 e. The molecule has 27 heavy (non-hydrogen) atoms. The van der Waals surface area contributed by atoms with Gasteiger partial charge in [-0.25, -0.2) is 9.37 Å². The summed E-state index contributed by atoms with van der Waals surface area (Å²) in [6, 6.07) is 9.69. The summed E-state index contributed by atoms with van der Waals surface area (Å²) >= 11 is 0. The number of aliphatic imine (C=N–C) groups is 1. The third-order valence-electron chi connectivity index (χ3n) is 3.54. The zero-order valence-corrected chi connectivity index (χ0v) is 14.7. The van der Waals surface area contributed by atoms with E-state index in [9.17, 15) is 17.6 Å². The van der Waals surface area contributed by atoms with Gasteiger partial charge in [0, 0.05) is 31.9 Å². The van der Waals surface area contributed by atoms with Crippen LogP contribution < -0.4 is 15.4 Å². The fraction of sp³-hybridized carbons (Fsp3) is 0.333. The van der Waals surface area contributed by atoms with Crippen molar-refractivity contribution in [3.63, 3.8) is 0 Å². The molecule has 0 amide bonds. The van der Waals surface area contributed by atoms with Gasteiger partial charge in [-0.2, -0.15) is 13.2 Å². The van der Waals surface area contributed by atoms with Gasteiger partial charge in [0.15, 0.2) is 12.6 Å². The van der Waals surface area contributed by atoms with Crippen molar-refractivity contribution in [3.8, 4) is 5.88 Å². The Kier molecular flexibility index (Phi) is 7.39. The van der Waals surface area contributed by atoms with Gasteiger partial charge in [0.25, 0.3) is 0 Å². The first-order valence-corrected chi connectivity index (χ1v) is 8.20. The summed E-state index contributed by atoms with van der Waals surface area (Å²) in [5.74, 6) is 0.0603. The Morgan fingerprint density at radius 3 is 2.56 bits per heavy atom. The lowest BCUT2D eigenvalue weighted by Crippen LogP contribution is -2.38. The molecule has 0 saturated heterocycles. The summed E-state index contributed by atoms with van der Waals surface area (Å²) in [6.45, 7) is -0.807. The van der Waals surface area contributed by atoms with Crippen molar-refractivity contribution in [3.05, 3.63) is 59.5 Å². The van der Waals surface area contributed by atoms with Gasteiger partial charge in [0.1, 0.15) is 5.82 Å². The number of hydrogen-bond donors (Lipinski definition) is 2. The number of alkyl halides is 3. The second-order valence-corrected chi connectivity index (χ2v) is 5.57. The van der Waals surface area contributed by atoms with E-state index in [1.807, 2.05) is 0 Å². The van der Waals surface area contributed by atoms with Crippen LogP contribution >= 0.6 is 0 Å². The number of ether oxygens (including phenoxy) is 1. The quantitative estimate of drug-likeness (QED) is 0.438. The van der Waals surface area contributed by atoms with Gasteiger partial charge in [-0.15, -0.1) is 0 Å². The summed E-state index contributed by atoms with van der Waals surface area (Å²) in [6.07, 6.45) is -2.62. The van der Waals surface area contributed by atoms with E-state index in [0.717, 1.165) is 0 Å². The molecule has 1 aromatic carbocycles. The summed E-state index contributed by atoms with van der Waals surface area (Å²) in [7, 11) is 1.56. The zero-order chi connectivity index (χ0) is 19.7. The first-order valence-electron chi connectivity index (χ1n) is 8.20. The number of rotatable bonds is 7. The van der Waals surface area contributed by atoms with Crippen molar-refractivity contribution in [1.82, 2.24) is 15.6 Å². The van der Waals surface area contributed by atoms with Gasteiger partial charge < -0.3 is 15.4 Å². The number of nitrogens with zero attached hydrogens (tertiary/aromatic N) is 2. The summed E-state index contributed by atoms with van der Waals surface area (Å²) in [5, 5.41) is 5.99. The molecule has 2 rings (SSSR count). The van der Waals surface area contributed by atoms with Gasteiger partial charge in [-0.3, -0.25) is 4.99 Å². The highest BCUT2D eigenvalue weighted by atomic mass is 19.4. The predicted octanol–water partition coefficient (Wildman–Crippen LogP) is 3.07. The Labute approximate surface area is 154 Å². The van der Waals surface area contributed by atoms with Crippen LogP contribution in [0.2, 0.25) is 0 Å². The van der Waals surface area contributed by atoms with Gasteiger partial charge in [0.2, 0.25) is 5.88 Å². The number of halogens is 4. The predicted molar refractivity (Wildman–Crippen MR) is 94.1 cm³/mol. The van der Waals surface area contributed by atoms with Crippen LogP contribution in [0.4, 0.5) is 17.6 Å². The topological polar surface area (TPSA) is 58.5 Å². The lowest BCUT2D eigenvalue weighted by atomic mass is 10.1. The second-order valence-electron chi connectivity index (χ2n) is 5.57. The fourth-order valence-electron chi connectivity index (χ4n) is 2.26. The van der Waals surface area contributed by atoms with E-state index < -0.39 is 12.8 Å². The molecule has 0 spiro atoms. The van der Waals surface area contributed by atoms with Crippen LogP contribution in [0.5, 0.6) is 5.88 Å². The van der Waals surface area contributed by atoms with E-state index in [4.69, 9.17) is 4.74 Å². The van der Waals surface area contributed by atoms with Gasteiger partial charge in [-0.05, 0) is 24.1 Å². The van der Waals surface area contributed by atoms with E-state index in [1.54, 1.807) is 37.4 Å². The Morgan fingerprint density at radius 1 is 1.11 bits per heavy atom. The maximum Gasteiger partial charge on any atom is 0.422 e. The number of guanidine groups is 1. The highest BCUT2D eigenvalue weighted by Gasteiger charge is 2.29. The molecule has 0 fully saturated rings. The molecule has 0 saturated carbocycles. The maximum absolute atomic E-state index is 13.6. The van der Waals surface area contributed by atoms with E-state index >= 15 is 0 Å². The van der Waals surface area contributed by atoms with Crippen molar-refractivity contribution < 1.29 is 22.3 Å². The van der Waals surface area contributed by atoms with Gasteiger partial charge in [0.05, 0.1) is 0 Å². The molecule has 146 valence electrons. The molecule has 5 nitrogen and oxygen atoms in total. The molecule has 0 aliphatic carbocycles. The van der Waals surface area contributed by atoms with E-state index in [-0.39, 0.29) is 18.2 Å². The normalized spacial score (nSPS) is 12.0. The molecule has 2 aromatic rings. The molecule has 2 N–H and O–H groups in total. The Hall–Kier alpha value is -2.84. The number of hydrogen-bond acceptors (Lipinski definition) is 3. The van der Waals surface area contributed by atoms with Crippen LogP contribution in [0.3, 0.4) is 0 Å². The molecule has 1 aromatic heterocycles. The van der Waals surface area contributed by atoms with Crippen molar-refractivity contribution in [2.45, 2.75) is 19.1 Å².